The second-order valence-corrected chi connectivity index (χ2v) is 5.92. The number of esters is 2. The fourth-order valence-corrected chi connectivity index (χ4v) is 2.33. The van der Waals surface area contributed by atoms with Gasteiger partial charge in [0.2, 0.25) is 0 Å². The molecule has 0 radical (unpaired) electrons. The first-order chi connectivity index (χ1) is 10.6. The van der Waals surface area contributed by atoms with E-state index in [0.717, 1.165) is 51.4 Å². The molecule has 0 fully saturated rings. The third-order valence-electron chi connectivity index (χ3n) is 4.12. The van der Waals surface area contributed by atoms with Crippen molar-refractivity contribution in [1.29, 1.82) is 0 Å². The lowest BCUT2D eigenvalue weighted by Crippen LogP contribution is -2.12. The molecule has 0 amide bonds. The summed E-state index contributed by atoms with van der Waals surface area (Å²) in [6.07, 6.45) is 10.7. The monoisotopic (exact) mass is 314 g/mol. The van der Waals surface area contributed by atoms with Crippen molar-refractivity contribution in [2.24, 2.45) is 5.92 Å². The van der Waals surface area contributed by atoms with Gasteiger partial charge in [-0.15, -0.1) is 0 Å². The summed E-state index contributed by atoms with van der Waals surface area (Å²) < 4.78 is 9.89. The lowest BCUT2D eigenvalue weighted by atomic mass is 10.1. The van der Waals surface area contributed by atoms with E-state index in [-0.39, 0.29) is 11.9 Å². The van der Waals surface area contributed by atoms with Crippen LogP contribution in [0.4, 0.5) is 0 Å². The summed E-state index contributed by atoms with van der Waals surface area (Å²) in [7, 11) is 1.43. The van der Waals surface area contributed by atoms with E-state index in [0.29, 0.717) is 25.4 Å². The quantitative estimate of drug-likeness (QED) is 0.346. The van der Waals surface area contributed by atoms with E-state index in [4.69, 9.17) is 4.74 Å². The highest BCUT2D eigenvalue weighted by atomic mass is 16.5. The highest BCUT2D eigenvalue weighted by Gasteiger charge is 2.08. The summed E-state index contributed by atoms with van der Waals surface area (Å²) in [6, 6.07) is 0. The van der Waals surface area contributed by atoms with E-state index in [9.17, 15) is 9.59 Å². The minimum absolute atomic E-state index is 0.0509. The molecule has 4 heteroatoms. The van der Waals surface area contributed by atoms with Crippen LogP contribution in [-0.2, 0) is 19.1 Å². The first-order valence-electron chi connectivity index (χ1n) is 8.86. The molecule has 0 rings (SSSR count). The van der Waals surface area contributed by atoms with E-state index in [1.54, 1.807) is 0 Å². The van der Waals surface area contributed by atoms with Crippen LogP contribution in [-0.4, -0.2) is 25.7 Å². The van der Waals surface area contributed by atoms with E-state index < -0.39 is 0 Å². The molecule has 0 bridgehead atoms. The number of rotatable bonds is 14. The average molecular weight is 314 g/mol. The van der Waals surface area contributed by atoms with E-state index in [2.05, 4.69) is 18.6 Å². The number of ether oxygens (including phenoxy) is 2. The molecular weight excluding hydrogens is 280 g/mol. The molecular formula is C18H34O4. The van der Waals surface area contributed by atoms with Crippen molar-refractivity contribution in [1.82, 2.24) is 0 Å². The van der Waals surface area contributed by atoms with Gasteiger partial charge in [0, 0.05) is 12.8 Å². The minimum Gasteiger partial charge on any atom is -0.469 e. The SMILES string of the molecule is CCC(CC)COC(=O)CCCCCCCCCC(=O)OC. The topological polar surface area (TPSA) is 52.6 Å². The number of carbonyl (C=O) groups excluding carboxylic acids is 2. The Morgan fingerprint density at radius 1 is 0.773 bits per heavy atom. The Kier molecular flexibility index (Phi) is 14.1. The lowest BCUT2D eigenvalue weighted by molar-refractivity contribution is -0.145. The number of carbonyl (C=O) groups is 2. The van der Waals surface area contributed by atoms with Gasteiger partial charge in [0.15, 0.2) is 0 Å². The number of hydrogen-bond donors (Lipinski definition) is 0. The van der Waals surface area contributed by atoms with Gasteiger partial charge in [0.25, 0.3) is 0 Å². The Morgan fingerprint density at radius 2 is 1.23 bits per heavy atom. The zero-order valence-corrected chi connectivity index (χ0v) is 14.7. The van der Waals surface area contributed by atoms with Crippen LogP contribution in [0.3, 0.4) is 0 Å². The fraction of sp³-hybridized carbons (Fsp3) is 0.889. The molecule has 0 saturated heterocycles. The van der Waals surface area contributed by atoms with Crippen molar-refractivity contribution in [3.8, 4) is 0 Å². The van der Waals surface area contributed by atoms with Gasteiger partial charge in [0.05, 0.1) is 13.7 Å². The Balaban J connectivity index is 3.31. The number of methoxy groups -OCH3 is 1. The largest absolute Gasteiger partial charge is 0.469 e. The van der Waals surface area contributed by atoms with Gasteiger partial charge in [-0.1, -0.05) is 58.8 Å². The fourth-order valence-electron chi connectivity index (χ4n) is 2.33. The van der Waals surface area contributed by atoms with Gasteiger partial charge in [-0.05, 0) is 18.8 Å². The molecule has 0 N–H and O–H groups in total. The molecule has 4 nitrogen and oxygen atoms in total. The summed E-state index contributed by atoms with van der Waals surface area (Å²) >= 11 is 0. The second-order valence-electron chi connectivity index (χ2n) is 5.92. The molecule has 0 saturated carbocycles. The maximum Gasteiger partial charge on any atom is 0.305 e. The molecule has 0 aromatic rings. The Morgan fingerprint density at radius 3 is 1.68 bits per heavy atom. The van der Waals surface area contributed by atoms with Gasteiger partial charge in [-0.2, -0.15) is 0 Å². The Bertz CT molecular complexity index is 285. The molecule has 0 aliphatic heterocycles. The van der Waals surface area contributed by atoms with Crippen LogP contribution in [0, 0.1) is 5.92 Å². The van der Waals surface area contributed by atoms with Crippen molar-refractivity contribution in [3.63, 3.8) is 0 Å². The van der Waals surface area contributed by atoms with Crippen LogP contribution >= 0.6 is 0 Å². The maximum atomic E-state index is 11.6. The van der Waals surface area contributed by atoms with Crippen LogP contribution in [0.1, 0.15) is 84.5 Å². The van der Waals surface area contributed by atoms with Gasteiger partial charge in [-0.3, -0.25) is 9.59 Å². The van der Waals surface area contributed by atoms with E-state index >= 15 is 0 Å². The molecule has 0 aliphatic carbocycles. The third kappa shape index (κ3) is 12.7. The van der Waals surface area contributed by atoms with Crippen molar-refractivity contribution < 1.29 is 19.1 Å². The van der Waals surface area contributed by atoms with Crippen LogP contribution in [0.2, 0.25) is 0 Å². The molecule has 130 valence electrons. The predicted molar refractivity (Wildman–Crippen MR) is 88.6 cm³/mol. The van der Waals surface area contributed by atoms with Crippen LogP contribution in [0.5, 0.6) is 0 Å². The Labute approximate surface area is 135 Å². The lowest BCUT2D eigenvalue weighted by Gasteiger charge is -2.12. The standard InChI is InChI=1S/C18H34O4/c1-4-16(5-2)15-22-18(20)14-12-10-8-6-7-9-11-13-17(19)21-3/h16H,4-15H2,1-3H3. The number of hydrogen-bond acceptors (Lipinski definition) is 4. The molecule has 0 aromatic heterocycles. The second kappa shape index (κ2) is 14.9. The van der Waals surface area contributed by atoms with Crippen LogP contribution in [0.25, 0.3) is 0 Å². The highest BCUT2D eigenvalue weighted by molar-refractivity contribution is 5.69. The summed E-state index contributed by atoms with van der Waals surface area (Å²) in [5.74, 6) is 0.339. The zero-order chi connectivity index (χ0) is 16.6. The Hall–Kier alpha value is -1.06. The molecule has 0 spiro atoms. The van der Waals surface area contributed by atoms with E-state index in [1.807, 2.05) is 0 Å². The van der Waals surface area contributed by atoms with Gasteiger partial charge in [-0.25, -0.2) is 0 Å². The molecule has 0 heterocycles. The molecule has 22 heavy (non-hydrogen) atoms. The van der Waals surface area contributed by atoms with Crippen molar-refractivity contribution in [3.05, 3.63) is 0 Å². The van der Waals surface area contributed by atoms with Crippen molar-refractivity contribution in [2.45, 2.75) is 84.5 Å². The highest BCUT2D eigenvalue weighted by Crippen LogP contribution is 2.12. The minimum atomic E-state index is -0.119. The summed E-state index contributed by atoms with van der Waals surface area (Å²) in [5, 5.41) is 0. The van der Waals surface area contributed by atoms with Gasteiger partial charge >= 0.3 is 11.9 Å². The normalized spacial score (nSPS) is 10.7. The van der Waals surface area contributed by atoms with Crippen molar-refractivity contribution in [2.75, 3.05) is 13.7 Å². The van der Waals surface area contributed by atoms with Gasteiger partial charge < -0.3 is 9.47 Å². The van der Waals surface area contributed by atoms with Crippen LogP contribution < -0.4 is 0 Å². The smallest absolute Gasteiger partial charge is 0.305 e. The molecule has 0 unspecified atom stereocenters. The summed E-state index contributed by atoms with van der Waals surface area (Å²) in [5.41, 5.74) is 0. The molecule has 0 atom stereocenters. The van der Waals surface area contributed by atoms with Gasteiger partial charge in [0.1, 0.15) is 0 Å². The number of unbranched alkanes of at least 4 members (excludes halogenated alkanes) is 6. The molecule has 0 aromatic carbocycles. The first kappa shape index (κ1) is 20.9. The van der Waals surface area contributed by atoms with E-state index in [1.165, 1.54) is 13.5 Å². The van der Waals surface area contributed by atoms with Crippen LogP contribution in [0.15, 0.2) is 0 Å². The average Bonchev–Trinajstić information content (AvgIpc) is 2.53. The summed E-state index contributed by atoms with van der Waals surface area (Å²) in [6.45, 7) is 4.84. The maximum absolute atomic E-state index is 11.6. The van der Waals surface area contributed by atoms with Crippen molar-refractivity contribution >= 4 is 11.9 Å². The molecule has 0 aliphatic rings. The zero-order valence-electron chi connectivity index (χ0n) is 14.7. The third-order valence-corrected chi connectivity index (χ3v) is 4.12. The summed E-state index contributed by atoms with van der Waals surface area (Å²) in [4.78, 5) is 22.5. The first-order valence-corrected chi connectivity index (χ1v) is 8.86. The predicted octanol–water partition coefficient (Wildman–Crippen LogP) is 4.65.